The Balaban J connectivity index is 3.35. The minimum Gasteiger partial charge on any atom is -0.480 e. The molecular weight excluding hydrogens is 200 g/mol. The first-order valence-electron chi connectivity index (χ1n) is 4.17. The monoisotopic (exact) mass is 210 g/mol. The molecular formula is C9H10N2O4. The Hall–Kier alpha value is -1.95. The van der Waals surface area contributed by atoms with E-state index in [2.05, 4.69) is 0 Å². The number of rotatable bonds is 3. The Kier molecular flexibility index (Phi) is 3.01. The Morgan fingerprint density at radius 2 is 2.20 bits per heavy atom. The third-order valence-corrected chi connectivity index (χ3v) is 2.05. The maximum atomic E-state index is 10.7. The predicted octanol–water partition coefficient (Wildman–Crippen LogP) is 0.988. The fourth-order valence-electron chi connectivity index (χ4n) is 1.32. The van der Waals surface area contributed by atoms with Gasteiger partial charge >= 0.3 is 5.97 Å². The van der Waals surface area contributed by atoms with Gasteiger partial charge in [0.15, 0.2) is 0 Å². The smallest absolute Gasteiger partial charge is 0.325 e. The van der Waals surface area contributed by atoms with Gasteiger partial charge in [-0.2, -0.15) is 0 Å². The van der Waals surface area contributed by atoms with Crippen LogP contribution in [0.15, 0.2) is 18.2 Å². The molecule has 1 atom stereocenters. The van der Waals surface area contributed by atoms with E-state index in [4.69, 9.17) is 10.8 Å². The van der Waals surface area contributed by atoms with E-state index >= 15 is 0 Å². The Labute approximate surface area is 85.5 Å². The largest absolute Gasteiger partial charge is 0.480 e. The Morgan fingerprint density at radius 3 is 2.67 bits per heavy atom. The van der Waals surface area contributed by atoms with Crippen molar-refractivity contribution in [3.05, 3.63) is 39.4 Å². The van der Waals surface area contributed by atoms with Crippen molar-refractivity contribution < 1.29 is 14.8 Å². The summed E-state index contributed by atoms with van der Waals surface area (Å²) in [5.74, 6) is -1.29. The lowest BCUT2D eigenvalue weighted by Gasteiger charge is -2.08. The highest BCUT2D eigenvalue weighted by atomic mass is 16.6. The van der Waals surface area contributed by atoms with Crippen LogP contribution in [0.1, 0.15) is 17.2 Å². The van der Waals surface area contributed by atoms with E-state index in [1.165, 1.54) is 19.1 Å². The van der Waals surface area contributed by atoms with Crippen molar-refractivity contribution in [1.29, 1.82) is 0 Å². The first-order valence-corrected chi connectivity index (χ1v) is 4.17. The van der Waals surface area contributed by atoms with Crippen LogP contribution in [0.25, 0.3) is 0 Å². The summed E-state index contributed by atoms with van der Waals surface area (Å²) in [5, 5.41) is 19.4. The van der Waals surface area contributed by atoms with Crippen LogP contribution in [0.3, 0.4) is 0 Å². The first kappa shape index (κ1) is 11.1. The third-order valence-electron chi connectivity index (χ3n) is 2.05. The molecule has 0 aliphatic carbocycles. The van der Waals surface area contributed by atoms with Gasteiger partial charge in [0.05, 0.1) is 10.5 Å². The van der Waals surface area contributed by atoms with E-state index in [1.54, 1.807) is 6.07 Å². The number of carboxylic acid groups (broad SMARTS) is 1. The highest BCUT2D eigenvalue weighted by Gasteiger charge is 2.25. The summed E-state index contributed by atoms with van der Waals surface area (Å²) >= 11 is 0. The summed E-state index contributed by atoms with van der Waals surface area (Å²) < 4.78 is 0. The number of aliphatic carboxylic acids is 1. The third kappa shape index (κ3) is 2.10. The van der Waals surface area contributed by atoms with Crippen LogP contribution in [0.2, 0.25) is 0 Å². The number of carboxylic acids is 1. The average molecular weight is 210 g/mol. The van der Waals surface area contributed by atoms with Crippen molar-refractivity contribution in [3.63, 3.8) is 0 Å². The van der Waals surface area contributed by atoms with Gasteiger partial charge in [0.1, 0.15) is 6.04 Å². The van der Waals surface area contributed by atoms with Gasteiger partial charge < -0.3 is 10.8 Å². The van der Waals surface area contributed by atoms with Gasteiger partial charge in [-0.05, 0) is 13.0 Å². The second kappa shape index (κ2) is 4.05. The number of hydrogen-bond acceptors (Lipinski definition) is 4. The molecule has 1 aromatic rings. The summed E-state index contributed by atoms with van der Waals surface area (Å²) in [6, 6.07) is 3.06. The SMILES string of the molecule is Cc1cccc(C(N)C(=O)O)c1[N+](=O)[O-]. The van der Waals surface area contributed by atoms with Crippen molar-refractivity contribution in [2.24, 2.45) is 5.73 Å². The fourth-order valence-corrected chi connectivity index (χ4v) is 1.32. The molecule has 6 heteroatoms. The number of nitrogens with zero attached hydrogens (tertiary/aromatic N) is 1. The molecule has 0 amide bonds. The van der Waals surface area contributed by atoms with Gasteiger partial charge in [0, 0.05) is 5.56 Å². The number of hydrogen-bond donors (Lipinski definition) is 2. The minimum atomic E-state index is -1.37. The molecule has 1 unspecified atom stereocenters. The van der Waals surface area contributed by atoms with Crippen molar-refractivity contribution in [2.75, 3.05) is 0 Å². The number of nitro benzene ring substituents is 1. The van der Waals surface area contributed by atoms with Gasteiger partial charge in [0.2, 0.25) is 0 Å². The number of para-hydroxylation sites is 1. The lowest BCUT2D eigenvalue weighted by molar-refractivity contribution is -0.386. The van der Waals surface area contributed by atoms with Gasteiger partial charge in [0.25, 0.3) is 5.69 Å². The molecule has 80 valence electrons. The normalized spacial score (nSPS) is 12.1. The van der Waals surface area contributed by atoms with Crippen LogP contribution in [-0.4, -0.2) is 16.0 Å². The second-order valence-electron chi connectivity index (χ2n) is 3.09. The van der Waals surface area contributed by atoms with E-state index in [0.29, 0.717) is 5.56 Å². The molecule has 0 saturated heterocycles. The molecule has 0 aliphatic rings. The highest BCUT2D eigenvalue weighted by molar-refractivity contribution is 5.77. The molecule has 0 bridgehead atoms. The summed E-state index contributed by atoms with van der Waals surface area (Å²) in [4.78, 5) is 20.7. The standard InChI is InChI=1S/C9H10N2O4/c1-5-3-2-4-6(7(10)9(12)13)8(5)11(14)15/h2-4,7H,10H2,1H3,(H,12,13). The lowest BCUT2D eigenvalue weighted by atomic mass is 10.0. The molecule has 6 nitrogen and oxygen atoms in total. The number of nitro groups is 1. The number of aryl methyl sites for hydroxylation is 1. The molecule has 15 heavy (non-hydrogen) atoms. The molecule has 0 aliphatic heterocycles. The van der Waals surface area contributed by atoms with E-state index in [9.17, 15) is 14.9 Å². The van der Waals surface area contributed by atoms with Crippen LogP contribution in [0, 0.1) is 17.0 Å². The van der Waals surface area contributed by atoms with Gasteiger partial charge in [-0.1, -0.05) is 12.1 Å². The topological polar surface area (TPSA) is 106 Å². The molecule has 0 spiro atoms. The predicted molar refractivity (Wildman–Crippen MR) is 52.4 cm³/mol. The molecule has 0 radical (unpaired) electrons. The van der Waals surface area contributed by atoms with Crippen LogP contribution < -0.4 is 5.73 Å². The minimum absolute atomic E-state index is 0.0208. The summed E-state index contributed by atoms with van der Waals surface area (Å²) in [6.45, 7) is 1.54. The molecule has 1 aromatic carbocycles. The first-order chi connectivity index (χ1) is 6.95. The molecule has 3 N–H and O–H groups in total. The van der Waals surface area contributed by atoms with E-state index < -0.39 is 16.9 Å². The summed E-state index contributed by atoms with van der Waals surface area (Å²) in [6.07, 6.45) is 0. The molecule has 0 aromatic heterocycles. The van der Waals surface area contributed by atoms with Crippen molar-refractivity contribution in [1.82, 2.24) is 0 Å². The van der Waals surface area contributed by atoms with Crippen LogP contribution >= 0.6 is 0 Å². The zero-order chi connectivity index (χ0) is 11.6. The maximum Gasteiger partial charge on any atom is 0.325 e. The average Bonchev–Trinajstić information content (AvgIpc) is 2.15. The molecule has 0 fully saturated rings. The van der Waals surface area contributed by atoms with E-state index in [1.807, 2.05) is 0 Å². The summed E-state index contributed by atoms with van der Waals surface area (Å²) in [7, 11) is 0. The second-order valence-corrected chi connectivity index (χ2v) is 3.09. The maximum absolute atomic E-state index is 10.7. The number of nitrogens with two attached hydrogens (primary N) is 1. The van der Waals surface area contributed by atoms with Gasteiger partial charge in [-0.15, -0.1) is 0 Å². The van der Waals surface area contributed by atoms with Gasteiger partial charge in [-0.3, -0.25) is 14.9 Å². The number of carbonyl (C=O) groups is 1. The number of benzene rings is 1. The Bertz CT molecular complexity index is 417. The van der Waals surface area contributed by atoms with Gasteiger partial charge in [-0.25, -0.2) is 0 Å². The van der Waals surface area contributed by atoms with Crippen LogP contribution in [-0.2, 0) is 4.79 Å². The molecule has 1 rings (SSSR count). The van der Waals surface area contributed by atoms with Crippen molar-refractivity contribution in [2.45, 2.75) is 13.0 Å². The van der Waals surface area contributed by atoms with Crippen LogP contribution in [0.5, 0.6) is 0 Å². The van der Waals surface area contributed by atoms with E-state index in [0.717, 1.165) is 0 Å². The zero-order valence-corrected chi connectivity index (χ0v) is 8.01. The van der Waals surface area contributed by atoms with Crippen LogP contribution in [0.4, 0.5) is 5.69 Å². The molecule has 0 saturated carbocycles. The summed E-state index contributed by atoms with van der Waals surface area (Å²) in [5.41, 5.74) is 5.53. The van der Waals surface area contributed by atoms with Crippen molar-refractivity contribution >= 4 is 11.7 Å². The molecule has 0 heterocycles. The Morgan fingerprint density at radius 1 is 1.60 bits per heavy atom. The van der Waals surface area contributed by atoms with Crippen molar-refractivity contribution in [3.8, 4) is 0 Å². The lowest BCUT2D eigenvalue weighted by Crippen LogP contribution is -2.22. The highest BCUT2D eigenvalue weighted by Crippen LogP contribution is 2.27. The quantitative estimate of drug-likeness (QED) is 0.571. The fraction of sp³-hybridized carbons (Fsp3) is 0.222. The van der Waals surface area contributed by atoms with E-state index in [-0.39, 0.29) is 11.3 Å². The zero-order valence-electron chi connectivity index (χ0n) is 8.01.